The smallest absolute Gasteiger partial charge is 0.254 e. The summed E-state index contributed by atoms with van der Waals surface area (Å²) in [7, 11) is 0. The minimum absolute atomic E-state index is 0.110. The van der Waals surface area contributed by atoms with Crippen LogP contribution in [-0.4, -0.2) is 34.4 Å². The summed E-state index contributed by atoms with van der Waals surface area (Å²) in [6, 6.07) is 16.3. The third-order valence-corrected chi connectivity index (χ3v) is 5.81. The lowest BCUT2D eigenvalue weighted by Gasteiger charge is -2.27. The number of para-hydroxylation sites is 1. The van der Waals surface area contributed by atoms with E-state index in [1.165, 1.54) is 10.6 Å². The number of pyridine rings is 1. The van der Waals surface area contributed by atoms with Crippen LogP contribution < -0.4 is 10.9 Å². The fourth-order valence-electron chi connectivity index (χ4n) is 4.16. The first kappa shape index (κ1) is 20.8. The molecule has 1 saturated heterocycles. The molecule has 0 atom stereocenters. The molecule has 0 unspecified atom stereocenters. The monoisotopic (exact) mass is 417 g/mol. The van der Waals surface area contributed by atoms with Crippen LogP contribution in [0, 0.1) is 0 Å². The van der Waals surface area contributed by atoms with Crippen molar-refractivity contribution in [2.24, 2.45) is 0 Å². The molecule has 0 aliphatic carbocycles. The third-order valence-electron chi connectivity index (χ3n) is 5.81. The van der Waals surface area contributed by atoms with Gasteiger partial charge in [0.05, 0.1) is 11.1 Å². The maximum Gasteiger partial charge on any atom is 0.254 e. The van der Waals surface area contributed by atoms with Crippen molar-refractivity contribution in [1.82, 2.24) is 9.47 Å². The number of amides is 2. The molecule has 6 heteroatoms. The van der Waals surface area contributed by atoms with Crippen molar-refractivity contribution in [2.75, 3.05) is 18.4 Å². The van der Waals surface area contributed by atoms with E-state index >= 15 is 0 Å². The minimum atomic E-state index is -0.350. The molecule has 2 aromatic carbocycles. The van der Waals surface area contributed by atoms with Crippen LogP contribution in [0.3, 0.4) is 0 Å². The summed E-state index contributed by atoms with van der Waals surface area (Å²) in [6.07, 6.45) is 3.98. The summed E-state index contributed by atoms with van der Waals surface area (Å²) in [5.41, 5.74) is 2.48. The van der Waals surface area contributed by atoms with Gasteiger partial charge in [0.1, 0.15) is 6.54 Å². The van der Waals surface area contributed by atoms with E-state index in [2.05, 4.69) is 12.2 Å². The number of aryl methyl sites for hydroxylation is 1. The number of fused-ring (bicyclic) bond motifs is 1. The molecule has 160 valence electrons. The number of benzene rings is 2. The Morgan fingerprint density at radius 1 is 0.968 bits per heavy atom. The molecule has 0 spiro atoms. The van der Waals surface area contributed by atoms with Crippen LogP contribution in [0.5, 0.6) is 0 Å². The van der Waals surface area contributed by atoms with Crippen LogP contribution in [-0.2, 0) is 17.8 Å². The molecule has 0 bridgehead atoms. The van der Waals surface area contributed by atoms with E-state index in [0.29, 0.717) is 22.2 Å². The van der Waals surface area contributed by atoms with E-state index in [0.717, 1.165) is 44.3 Å². The molecule has 4 rings (SSSR count). The predicted molar refractivity (Wildman–Crippen MR) is 122 cm³/mol. The summed E-state index contributed by atoms with van der Waals surface area (Å²) < 4.78 is 1.43. The molecule has 6 nitrogen and oxygen atoms in total. The van der Waals surface area contributed by atoms with Gasteiger partial charge in [-0.15, -0.1) is 0 Å². The fraction of sp³-hybridized carbons (Fsp3) is 0.320. The first-order valence-electron chi connectivity index (χ1n) is 10.9. The summed E-state index contributed by atoms with van der Waals surface area (Å²) in [5.74, 6) is -0.392. The molecule has 31 heavy (non-hydrogen) atoms. The Hall–Kier alpha value is -3.41. The zero-order chi connectivity index (χ0) is 21.8. The van der Waals surface area contributed by atoms with Gasteiger partial charge >= 0.3 is 0 Å². The number of nitrogens with zero attached hydrogens (tertiary/aromatic N) is 2. The molecule has 1 aliphatic rings. The van der Waals surface area contributed by atoms with Crippen molar-refractivity contribution >= 4 is 28.4 Å². The average Bonchev–Trinajstić information content (AvgIpc) is 2.81. The Balaban J connectivity index is 1.64. The highest BCUT2D eigenvalue weighted by Crippen LogP contribution is 2.21. The van der Waals surface area contributed by atoms with Crippen molar-refractivity contribution in [3.05, 3.63) is 76.1 Å². The van der Waals surface area contributed by atoms with Gasteiger partial charge in [-0.2, -0.15) is 0 Å². The SMILES string of the molecule is CCc1cccc(NC(=O)Cn2c(=O)cc(C(=O)N3CCCCC3)c3ccccc32)c1. The lowest BCUT2D eigenvalue weighted by atomic mass is 10.0. The van der Waals surface area contributed by atoms with Crippen molar-refractivity contribution in [2.45, 2.75) is 39.2 Å². The second kappa shape index (κ2) is 9.16. The highest BCUT2D eigenvalue weighted by atomic mass is 16.2. The van der Waals surface area contributed by atoms with Gasteiger partial charge in [-0.3, -0.25) is 19.0 Å². The van der Waals surface area contributed by atoms with Crippen molar-refractivity contribution in [3.63, 3.8) is 0 Å². The van der Waals surface area contributed by atoms with Gasteiger partial charge in [-0.25, -0.2) is 0 Å². The van der Waals surface area contributed by atoms with E-state index in [1.54, 1.807) is 6.07 Å². The number of piperidine rings is 1. The van der Waals surface area contributed by atoms with Gasteiger partial charge in [0.2, 0.25) is 5.91 Å². The molecule has 2 amide bonds. The van der Waals surface area contributed by atoms with Crippen LogP contribution in [0.15, 0.2) is 59.4 Å². The quantitative estimate of drug-likeness (QED) is 0.686. The number of hydrogen-bond acceptors (Lipinski definition) is 3. The van der Waals surface area contributed by atoms with E-state index in [-0.39, 0.29) is 23.9 Å². The molecule has 0 radical (unpaired) electrons. The molecular formula is C25H27N3O3. The minimum Gasteiger partial charge on any atom is -0.339 e. The predicted octanol–water partition coefficient (Wildman–Crippen LogP) is 3.83. The normalized spacial score (nSPS) is 13.9. The largest absolute Gasteiger partial charge is 0.339 e. The van der Waals surface area contributed by atoms with Gasteiger partial charge in [0.25, 0.3) is 11.5 Å². The molecule has 3 aromatic rings. The third kappa shape index (κ3) is 4.53. The van der Waals surface area contributed by atoms with E-state index in [1.807, 2.05) is 47.4 Å². The number of aromatic nitrogens is 1. The first-order valence-corrected chi connectivity index (χ1v) is 10.9. The van der Waals surface area contributed by atoms with Gasteiger partial charge in [-0.1, -0.05) is 37.3 Å². The Morgan fingerprint density at radius 3 is 2.52 bits per heavy atom. The number of anilines is 1. The number of carbonyl (C=O) groups is 2. The standard InChI is InChI=1S/C25H27N3O3/c1-2-18-9-8-10-19(15-18)26-23(29)17-28-22-12-5-4-11-20(22)21(16-24(28)30)25(31)27-13-6-3-7-14-27/h4-5,8-12,15-16H,2-3,6-7,13-14,17H2,1H3,(H,26,29). The number of hydrogen-bond donors (Lipinski definition) is 1. The van der Waals surface area contributed by atoms with Crippen LogP contribution >= 0.6 is 0 Å². The highest BCUT2D eigenvalue weighted by molar-refractivity contribution is 6.06. The Bertz CT molecular complexity index is 1180. The average molecular weight is 418 g/mol. The summed E-state index contributed by atoms with van der Waals surface area (Å²) in [6.45, 7) is 3.37. The second-order valence-electron chi connectivity index (χ2n) is 7.95. The lowest BCUT2D eigenvalue weighted by Crippen LogP contribution is -2.37. The maximum absolute atomic E-state index is 13.1. The van der Waals surface area contributed by atoms with E-state index in [9.17, 15) is 14.4 Å². The molecule has 1 N–H and O–H groups in total. The number of nitrogens with one attached hydrogen (secondary N) is 1. The summed E-state index contributed by atoms with van der Waals surface area (Å²) in [4.78, 5) is 40.6. The fourth-order valence-corrected chi connectivity index (χ4v) is 4.16. The van der Waals surface area contributed by atoms with Gasteiger partial charge in [-0.05, 0) is 49.4 Å². The second-order valence-corrected chi connectivity index (χ2v) is 7.95. The summed E-state index contributed by atoms with van der Waals surface area (Å²) in [5, 5.41) is 3.57. The molecular weight excluding hydrogens is 390 g/mol. The van der Waals surface area contributed by atoms with Crippen LogP contribution in [0.25, 0.3) is 10.9 Å². The summed E-state index contributed by atoms with van der Waals surface area (Å²) >= 11 is 0. The van der Waals surface area contributed by atoms with Crippen molar-refractivity contribution < 1.29 is 9.59 Å². The van der Waals surface area contributed by atoms with Gasteiger partial charge < -0.3 is 10.2 Å². The number of rotatable bonds is 5. The zero-order valence-electron chi connectivity index (χ0n) is 17.8. The van der Waals surface area contributed by atoms with E-state index in [4.69, 9.17) is 0 Å². The molecule has 0 saturated carbocycles. The Kier molecular flexibility index (Phi) is 6.16. The number of likely N-dealkylation sites (tertiary alicyclic amines) is 1. The van der Waals surface area contributed by atoms with Gasteiger partial charge in [0, 0.05) is 30.2 Å². The number of carbonyl (C=O) groups excluding carboxylic acids is 2. The molecule has 2 heterocycles. The van der Waals surface area contributed by atoms with Crippen LogP contribution in [0.4, 0.5) is 5.69 Å². The van der Waals surface area contributed by atoms with Crippen LogP contribution in [0.2, 0.25) is 0 Å². The maximum atomic E-state index is 13.1. The first-order chi connectivity index (χ1) is 15.1. The Labute approximate surface area is 181 Å². The molecule has 1 fully saturated rings. The molecule has 1 aromatic heterocycles. The molecule has 1 aliphatic heterocycles. The zero-order valence-corrected chi connectivity index (χ0v) is 17.8. The van der Waals surface area contributed by atoms with Crippen molar-refractivity contribution in [1.29, 1.82) is 0 Å². The lowest BCUT2D eigenvalue weighted by molar-refractivity contribution is -0.116. The Morgan fingerprint density at radius 2 is 1.74 bits per heavy atom. The highest BCUT2D eigenvalue weighted by Gasteiger charge is 2.22. The topological polar surface area (TPSA) is 71.4 Å². The van der Waals surface area contributed by atoms with Gasteiger partial charge in [0.15, 0.2) is 0 Å². The van der Waals surface area contributed by atoms with Crippen LogP contribution in [0.1, 0.15) is 42.1 Å². The van der Waals surface area contributed by atoms with Crippen molar-refractivity contribution in [3.8, 4) is 0 Å². The van der Waals surface area contributed by atoms with E-state index < -0.39 is 0 Å².